The van der Waals surface area contributed by atoms with Crippen molar-refractivity contribution < 1.29 is 0 Å². The molecule has 0 aliphatic carbocycles. The van der Waals surface area contributed by atoms with Crippen LogP contribution in [0.2, 0.25) is 0 Å². The molecule has 1 aliphatic rings. The van der Waals surface area contributed by atoms with Crippen molar-refractivity contribution in [1.82, 2.24) is 9.88 Å². The van der Waals surface area contributed by atoms with Crippen LogP contribution < -0.4 is 5.32 Å². The summed E-state index contributed by atoms with van der Waals surface area (Å²) in [6.45, 7) is 2.21. The van der Waals surface area contributed by atoms with Crippen LogP contribution in [0.25, 0.3) is 0 Å². The third-order valence-corrected chi connectivity index (χ3v) is 2.38. The van der Waals surface area contributed by atoms with Gasteiger partial charge < -0.3 is 9.88 Å². The second kappa shape index (κ2) is 2.70. The molecule has 1 aromatic heterocycles. The van der Waals surface area contributed by atoms with Crippen LogP contribution in [-0.4, -0.2) is 11.1 Å². The van der Waals surface area contributed by atoms with Gasteiger partial charge in [0, 0.05) is 25.5 Å². The number of hydrogen-bond acceptors (Lipinski definition) is 1. The minimum absolute atomic E-state index is 1.05. The van der Waals surface area contributed by atoms with Gasteiger partial charge in [-0.15, -0.1) is 0 Å². The average molecular weight is 150 g/mol. The van der Waals surface area contributed by atoms with E-state index < -0.39 is 0 Å². The highest BCUT2D eigenvalue weighted by molar-refractivity contribution is 5.23. The number of aromatic nitrogens is 1. The van der Waals surface area contributed by atoms with Crippen molar-refractivity contribution in [3.63, 3.8) is 0 Å². The molecule has 0 radical (unpaired) electrons. The van der Waals surface area contributed by atoms with Gasteiger partial charge in [0.1, 0.15) is 0 Å². The Kier molecular flexibility index (Phi) is 1.70. The van der Waals surface area contributed by atoms with Gasteiger partial charge in [-0.2, -0.15) is 0 Å². The van der Waals surface area contributed by atoms with Crippen LogP contribution in [0.5, 0.6) is 0 Å². The van der Waals surface area contributed by atoms with Crippen LogP contribution in [0.15, 0.2) is 12.3 Å². The Hall–Kier alpha value is -0.760. The SMILES string of the molecule is Cn1ccc2c1CCCNC2. The highest BCUT2D eigenvalue weighted by Gasteiger charge is 2.08. The quantitative estimate of drug-likeness (QED) is 0.585. The van der Waals surface area contributed by atoms with Crippen molar-refractivity contribution in [2.45, 2.75) is 19.4 Å². The Morgan fingerprint density at radius 3 is 3.36 bits per heavy atom. The second-order valence-electron chi connectivity index (χ2n) is 3.18. The molecule has 2 heterocycles. The van der Waals surface area contributed by atoms with E-state index in [1.54, 1.807) is 0 Å². The molecule has 1 N–H and O–H groups in total. The Balaban J connectivity index is 2.35. The van der Waals surface area contributed by atoms with Crippen molar-refractivity contribution in [2.24, 2.45) is 7.05 Å². The van der Waals surface area contributed by atoms with E-state index in [1.807, 2.05) is 0 Å². The lowest BCUT2D eigenvalue weighted by Gasteiger charge is -2.01. The van der Waals surface area contributed by atoms with Gasteiger partial charge in [0.15, 0.2) is 0 Å². The fourth-order valence-electron chi connectivity index (χ4n) is 1.72. The summed E-state index contributed by atoms with van der Waals surface area (Å²) in [5.41, 5.74) is 2.99. The molecule has 60 valence electrons. The van der Waals surface area contributed by atoms with Crippen LogP contribution in [0, 0.1) is 0 Å². The van der Waals surface area contributed by atoms with E-state index in [0.717, 1.165) is 13.1 Å². The zero-order chi connectivity index (χ0) is 7.68. The van der Waals surface area contributed by atoms with Crippen LogP contribution in [0.1, 0.15) is 17.7 Å². The summed E-state index contributed by atoms with van der Waals surface area (Å²) >= 11 is 0. The maximum Gasteiger partial charge on any atom is 0.0223 e. The predicted octanol–water partition coefficient (Wildman–Crippen LogP) is 1.06. The number of nitrogens with one attached hydrogen (secondary N) is 1. The zero-order valence-corrected chi connectivity index (χ0v) is 6.93. The van der Waals surface area contributed by atoms with Gasteiger partial charge >= 0.3 is 0 Å². The van der Waals surface area contributed by atoms with E-state index in [-0.39, 0.29) is 0 Å². The molecule has 0 bridgehead atoms. The largest absolute Gasteiger partial charge is 0.354 e. The normalized spacial score (nSPS) is 17.5. The smallest absolute Gasteiger partial charge is 0.0223 e. The van der Waals surface area contributed by atoms with Gasteiger partial charge in [-0.3, -0.25) is 0 Å². The highest BCUT2D eigenvalue weighted by Crippen LogP contribution is 2.14. The minimum Gasteiger partial charge on any atom is -0.354 e. The van der Waals surface area contributed by atoms with E-state index in [0.29, 0.717) is 0 Å². The molecule has 1 aromatic rings. The molecule has 0 unspecified atom stereocenters. The first-order valence-corrected chi connectivity index (χ1v) is 4.22. The van der Waals surface area contributed by atoms with Gasteiger partial charge in [0.25, 0.3) is 0 Å². The van der Waals surface area contributed by atoms with Crippen LogP contribution in [0.4, 0.5) is 0 Å². The Labute approximate surface area is 67.2 Å². The molecule has 2 nitrogen and oxygen atoms in total. The summed E-state index contributed by atoms with van der Waals surface area (Å²) in [4.78, 5) is 0. The van der Waals surface area contributed by atoms with Gasteiger partial charge in [-0.05, 0) is 31.0 Å². The van der Waals surface area contributed by atoms with Gasteiger partial charge in [0.05, 0.1) is 0 Å². The number of hydrogen-bond donors (Lipinski definition) is 1. The second-order valence-corrected chi connectivity index (χ2v) is 3.18. The Morgan fingerprint density at radius 2 is 2.45 bits per heavy atom. The third kappa shape index (κ3) is 1.18. The lowest BCUT2D eigenvalue weighted by Crippen LogP contribution is -2.11. The standard InChI is InChI=1S/C9H14N2/c1-11-6-4-8-7-10-5-2-3-9(8)11/h4,6,10H,2-3,5,7H2,1H3. The first-order chi connectivity index (χ1) is 5.38. The molecule has 0 fully saturated rings. The summed E-state index contributed by atoms with van der Waals surface area (Å²) in [6, 6.07) is 2.22. The number of nitrogens with zero attached hydrogens (tertiary/aromatic N) is 1. The van der Waals surface area contributed by atoms with E-state index >= 15 is 0 Å². The molecular formula is C9H14N2. The molecule has 0 amide bonds. The summed E-state index contributed by atoms with van der Waals surface area (Å²) in [6.07, 6.45) is 4.65. The summed E-state index contributed by atoms with van der Waals surface area (Å²) in [5, 5.41) is 3.40. The van der Waals surface area contributed by atoms with Crippen molar-refractivity contribution in [3.8, 4) is 0 Å². The van der Waals surface area contributed by atoms with Crippen molar-refractivity contribution in [2.75, 3.05) is 6.54 Å². The van der Waals surface area contributed by atoms with Gasteiger partial charge in [-0.25, -0.2) is 0 Å². The lowest BCUT2D eigenvalue weighted by molar-refractivity contribution is 0.674. The maximum absolute atomic E-state index is 3.40. The first kappa shape index (κ1) is 6.92. The van der Waals surface area contributed by atoms with Crippen molar-refractivity contribution in [1.29, 1.82) is 0 Å². The summed E-state index contributed by atoms with van der Waals surface area (Å²) in [7, 11) is 2.13. The topological polar surface area (TPSA) is 17.0 Å². The number of rotatable bonds is 0. The van der Waals surface area contributed by atoms with Crippen molar-refractivity contribution >= 4 is 0 Å². The molecular weight excluding hydrogens is 136 g/mol. The molecule has 0 atom stereocenters. The molecule has 0 saturated heterocycles. The summed E-state index contributed by atoms with van der Waals surface area (Å²) in [5.74, 6) is 0. The molecule has 0 aromatic carbocycles. The molecule has 0 spiro atoms. The fraction of sp³-hybridized carbons (Fsp3) is 0.556. The van der Waals surface area contributed by atoms with Crippen LogP contribution in [-0.2, 0) is 20.0 Å². The lowest BCUT2D eigenvalue weighted by atomic mass is 10.2. The zero-order valence-electron chi connectivity index (χ0n) is 6.93. The first-order valence-electron chi connectivity index (χ1n) is 4.22. The molecule has 11 heavy (non-hydrogen) atoms. The van der Waals surface area contributed by atoms with Crippen LogP contribution in [0.3, 0.4) is 0 Å². The van der Waals surface area contributed by atoms with E-state index in [4.69, 9.17) is 0 Å². The Bertz CT molecular complexity index is 250. The van der Waals surface area contributed by atoms with E-state index in [2.05, 4.69) is 29.2 Å². The predicted molar refractivity (Wildman–Crippen MR) is 45.4 cm³/mol. The molecule has 0 saturated carbocycles. The van der Waals surface area contributed by atoms with Crippen LogP contribution >= 0.6 is 0 Å². The Morgan fingerprint density at radius 1 is 1.55 bits per heavy atom. The molecule has 2 heteroatoms. The molecule has 2 rings (SSSR count). The highest BCUT2D eigenvalue weighted by atomic mass is 15.0. The monoisotopic (exact) mass is 150 g/mol. The summed E-state index contributed by atoms with van der Waals surface area (Å²) < 4.78 is 2.24. The average Bonchev–Trinajstić information content (AvgIpc) is 2.25. The third-order valence-electron chi connectivity index (χ3n) is 2.38. The van der Waals surface area contributed by atoms with Gasteiger partial charge in [0.2, 0.25) is 0 Å². The fourth-order valence-corrected chi connectivity index (χ4v) is 1.72. The number of aryl methyl sites for hydroxylation is 1. The van der Waals surface area contributed by atoms with E-state index in [1.165, 1.54) is 24.1 Å². The van der Waals surface area contributed by atoms with Gasteiger partial charge in [-0.1, -0.05) is 0 Å². The minimum atomic E-state index is 1.05. The number of fused-ring (bicyclic) bond motifs is 1. The molecule has 1 aliphatic heterocycles. The maximum atomic E-state index is 3.40. The van der Waals surface area contributed by atoms with Crippen molar-refractivity contribution in [3.05, 3.63) is 23.5 Å². The van der Waals surface area contributed by atoms with E-state index in [9.17, 15) is 0 Å².